The number of hydrogen-bond donors (Lipinski definition) is 1. The molecule has 1 heterocycles. The lowest BCUT2D eigenvalue weighted by Crippen LogP contribution is -2.24. The van der Waals surface area contributed by atoms with E-state index in [0.717, 1.165) is 21.7 Å². The molecule has 5 rings (SSSR count). The van der Waals surface area contributed by atoms with Gasteiger partial charge >= 0.3 is 0 Å². The Morgan fingerprint density at radius 1 is 0.865 bits per heavy atom. The predicted octanol–water partition coefficient (Wildman–Crippen LogP) is 6.80. The zero-order valence-electron chi connectivity index (χ0n) is 19.5. The number of hydrogen-bond acceptors (Lipinski definition) is 5. The van der Waals surface area contributed by atoms with E-state index in [9.17, 15) is 4.79 Å². The highest BCUT2D eigenvalue weighted by Gasteiger charge is 2.11. The zero-order valence-corrected chi connectivity index (χ0v) is 21.0. The van der Waals surface area contributed by atoms with Gasteiger partial charge in [0.1, 0.15) is 17.9 Å². The molecule has 0 unspecified atom stereocenters. The average molecular weight is 530 g/mol. The first-order chi connectivity index (χ1) is 18.1. The van der Waals surface area contributed by atoms with Crippen molar-refractivity contribution in [3.63, 3.8) is 0 Å². The van der Waals surface area contributed by atoms with Crippen LogP contribution in [0, 0.1) is 0 Å². The van der Waals surface area contributed by atoms with Gasteiger partial charge in [-0.3, -0.25) is 9.78 Å². The molecule has 0 bridgehead atoms. The quantitative estimate of drug-likeness (QED) is 0.177. The molecule has 0 radical (unpaired) electrons. The minimum absolute atomic E-state index is 0.212. The van der Waals surface area contributed by atoms with E-state index in [-0.39, 0.29) is 6.61 Å². The zero-order chi connectivity index (χ0) is 25.6. The van der Waals surface area contributed by atoms with Gasteiger partial charge in [-0.25, -0.2) is 5.43 Å². The maximum Gasteiger partial charge on any atom is 0.277 e. The SMILES string of the molecule is O=C(COc1cccc2cccnc12)N/N=C/c1cc(Cl)c(OCc2ccc3ccccc3c2)c(Cl)c1. The number of carbonyl (C=O) groups is 1. The third-order valence-electron chi connectivity index (χ3n) is 5.57. The number of ether oxygens (including phenoxy) is 2. The summed E-state index contributed by atoms with van der Waals surface area (Å²) < 4.78 is 11.5. The van der Waals surface area contributed by atoms with E-state index >= 15 is 0 Å². The van der Waals surface area contributed by atoms with Gasteiger partial charge in [-0.1, -0.05) is 77.8 Å². The second kappa shape index (κ2) is 11.3. The highest BCUT2D eigenvalue weighted by atomic mass is 35.5. The Bertz CT molecular complexity index is 1590. The van der Waals surface area contributed by atoms with Gasteiger partial charge in [-0.15, -0.1) is 0 Å². The van der Waals surface area contributed by atoms with Crippen LogP contribution in [0.15, 0.2) is 96.2 Å². The van der Waals surface area contributed by atoms with Crippen LogP contribution in [-0.2, 0) is 11.4 Å². The molecule has 1 amide bonds. The lowest BCUT2D eigenvalue weighted by molar-refractivity contribution is -0.123. The fraction of sp³-hybridized carbons (Fsp3) is 0.0690. The first kappa shape index (κ1) is 24.6. The number of para-hydroxylation sites is 1. The molecule has 184 valence electrons. The van der Waals surface area contributed by atoms with Crippen molar-refractivity contribution < 1.29 is 14.3 Å². The number of pyridine rings is 1. The van der Waals surface area contributed by atoms with Gasteiger partial charge < -0.3 is 9.47 Å². The number of rotatable bonds is 8. The van der Waals surface area contributed by atoms with Crippen LogP contribution in [-0.4, -0.2) is 23.7 Å². The van der Waals surface area contributed by atoms with Crippen molar-refractivity contribution in [1.82, 2.24) is 10.4 Å². The third kappa shape index (κ3) is 6.00. The van der Waals surface area contributed by atoms with Crippen molar-refractivity contribution in [3.8, 4) is 11.5 Å². The summed E-state index contributed by atoms with van der Waals surface area (Å²) in [6, 6.07) is 26.9. The van der Waals surface area contributed by atoms with E-state index in [0.29, 0.717) is 39.2 Å². The molecule has 6 nitrogen and oxygen atoms in total. The number of benzene rings is 4. The van der Waals surface area contributed by atoms with E-state index in [1.54, 1.807) is 24.4 Å². The van der Waals surface area contributed by atoms with Gasteiger partial charge in [0.25, 0.3) is 5.91 Å². The number of amides is 1. The first-order valence-electron chi connectivity index (χ1n) is 11.4. The molecule has 0 aliphatic rings. The average Bonchev–Trinajstić information content (AvgIpc) is 2.91. The van der Waals surface area contributed by atoms with E-state index in [2.05, 4.69) is 39.8 Å². The number of carbonyl (C=O) groups excluding carboxylic acids is 1. The van der Waals surface area contributed by atoms with Crippen molar-refractivity contribution in [3.05, 3.63) is 112 Å². The number of nitrogens with one attached hydrogen (secondary N) is 1. The standard InChI is InChI=1S/C29H21Cl2N3O3/c30-24-14-20(15-25(31)29(24)37-17-19-10-11-21-5-1-2-6-23(21)13-19)16-33-34-27(35)18-36-26-9-3-7-22-8-4-12-32-28(22)26/h1-16H,17-18H2,(H,34,35)/b33-16+. The summed E-state index contributed by atoms with van der Waals surface area (Å²) >= 11 is 12.8. The summed E-state index contributed by atoms with van der Waals surface area (Å²) in [5.74, 6) is 0.488. The Morgan fingerprint density at radius 2 is 1.62 bits per heavy atom. The fourth-order valence-corrected chi connectivity index (χ4v) is 4.44. The normalized spacial score (nSPS) is 11.2. The summed E-state index contributed by atoms with van der Waals surface area (Å²) in [6.45, 7) is 0.107. The molecule has 0 saturated carbocycles. The summed E-state index contributed by atoms with van der Waals surface area (Å²) in [6.07, 6.45) is 3.12. The molecule has 0 atom stereocenters. The molecule has 8 heteroatoms. The summed E-state index contributed by atoms with van der Waals surface area (Å²) in [5, 5.41) is 7.88. The van der Waals surface area contributed by atoms with Gasteiger partial charge in [0.05, 0.1) is 16.3 Å². The number of aromatic nitrogens is 1. The van der Waals surface area contributed by atoms with Gasteiger partial charge in [-0.05, 0) is 52.2 Å². The van der Waals surface area contributed by atoms with Crippen molar-refractivity contribution in [2.75, 3.05) is 6.61 Å². The summed E-state index contributed by atoms with van der Waals surface area (Å²) in [5.41, 5.74) is 4.73. The molecule has 4 aromatic carbocycles. The van der Waals surface area contributed by atoms with Gasteiger partial charge in [0.2, 0.25) is 0 Å². The maximum absolute atomic E-state index is 12.2. The molecular formula is C29H21Cl2N3O3. The molecule has 0 saturated heterocycles. The molecule has 1 N–H and O–H groups in total. The van der Waals surface area contributed by atoms with Crippen LogP contribution in [0.3, 0.4) is 0 Å². The number of hydrazone groups is 1. The second-order valence-electron chi connectivity index (χ2n) is 8.20. The monoisotopic (exact) mass is 529 g/mol. The van der Waals surface area contributed by atoms with E-state index < -0.39 is 5.91 Å². The lowest BCUT2D eigenvalue weighted by atomic mass is 10.1. The minimum Gasteiger partial charge on any atom is -0.486 e. The molecule has 37 heavy (non-hydrogen) atoms. The number of nitrogens with zero attached hydrogens (tertiary/aromatic N) is 2. The predicted molar refractivity (Wildman–Crippen MR) is 148 cm³/mol. The Kier molecular flexibility index (Phi) is 7.49. The summed E-state index contributed by atoms with van der Waals surface area (Å²) in [4.78, 5) is 16.5. The van der Waals surface area contributed by atoms with Crippen molar-refractivity contribution in [2.45, 2.75) is 6.61 Å². The maximum atomic E-state index is 12.2. The Balaban J connectivity index is 1.17. The van der Waals surface area contributed by atoms with Crippen molar-refractivity contribution in [2.24, 2.45) is 5.10 Å². The van der Waals surface area contributed by atoms with Crippen LogP contribution in [0.1, 0.15) is 11.1 Å². The van der Waals surface area contributed by atoms with E-state index in [4.69, 9.17) is 32.7 Å². The number of fused-ring (bicyclic) bond motifs is 2. The molecule has 0 aliphatic heterocycles. The van der Waals surface area contributed by atoms with Gasteiger partial charge in [-0.2, -0.15) is 5.10 Å². The van der Waals surface area contributed by atoms with Crippen LogP contribution < -0.4 is 14.9 Å². The van der Waals surface area contributed by atoms with Crippen LogP contribution in [0.5, 0.6) is 11.5 Å². The molecule has 1 aromatic heterocycles. The number of halogens is 2. The largest absolute Gasteiger partial charge is 0.486 e. The van der Waals surface area contributed by atoms with Crippen LogP contribution in [0.2, 0.25) is 10.0 Å². The molecule has 0 fully saturated rings. The van der Waals surface area contributed by atoms with Gasteiger partial charge in [0, 0.05) is 11.6 Å². The second-order valence-corrected chi connectivity index (χ2v) is 9.01. The molecular weight excluding hydrogens is 509 g/mol. The Morgan fingerprint density at radius 3 is 2.46 bits per heavy atom. The Hall–Kier alpha value is -4.13. The van der Waals surface area contributed by atoms with Crippen molar-refractivity contribution >= 4 is 57.0 Å². The van der Waals surface area contributed by atoms with Gasteiger partial charge in [0.15, 0.2) is 12.4 Å². The summed E-state index contributed by atoms with van der Waals surface area (Å²) in [7, 11) is 0. The molecule has 5 aromatic rings. The topological polar surface area (TPSA) is 72.8 Å². The Labute approximate surface area is 223 Å². The highest BCUT2D eigenvalue weighted by Crippen LogP contribution is 2.34. The van der Waals surface area contributed by atoms with E-state index in [1.807, 2.05) is 42.5 Å². The molecule has 0 spiro atoms. The van der Waals surface area contributed by atoms with Crippen LogP contribution >= 0.6 is 23.2 Å². The third-order valence-corrected chi connectivity index (χ3v) is 6.14. The first-order valence-corrected chi connectivity index (χ1v) is 12.2. The fourth-order valence-electron chi connectivity index (χ4n) is 3.82. The van der Waals surface area contributed by atoms with E-state index in [1.165, 1.54) is 6.21 Å². The van der Waals surface area contributed by atoms with Crippen molar-refractivity contribution in [1.29, 1.82) is 0 Å². The highest BCUT2D eigenvalue weighted by molar-refractivity contribution is 6.37. The van der Waals surface area contributed by atoms with Crippen LogP contribution in [0.4, 0.5) is 0 Å². The smallest absolute Gasteiger partial charge is 0.277 e. The minimum atomic E-state index is -0.420. The molecule has 0 aliphatic carbocycles. The van der Waals surface area contributed by atoms with Crippen LogP contribution in [0.25, 0.3) is 21.7 Å². The lowest BCUT2D eigenvalue weighted by Gasteiger charge is -2.11.